The van der Waals surface area contributed by atoms with Crippen LogP contribution in [0.5, 0.6) is 11.5 Å². The van der Waals surface area contributed by atoms with Crippen molar-refractivity contribution in [3.63, 3.8) is 0 Å². The topological polar surface area (TPSA) is 79.8 Å². The number of aliphatic hydroxyl groups excluding tert-OH is 1. The highest BCUT2D eigenvalue weighted by Crippen LogP contribution is 2.33. The van der Waals surface area contributed by atoms with E-state index in [4.69, 9.17) is 9.47 Å². The van der Waals surface area contributed by atoms with Gasteiger partial charge in [0.2, 0.25) is 0 Å². The number of ether oxygens (including phenoxy) is 2. The van der Waals surface area contributed by atoms with Crippen molar-refractivity contribution < 1.29 is 19.4 Å². The Morgan fingerprint density at radius 1 is 1.18 bits per heavy atom. The Hall–Kier alpha value is -2.09. The van der Waals surface area contributed by atoms with E-state index in [0.29, 0.717) is 18.0 Å². The maximum Gasteiger partial charge on any atom is 0.262 e. The molecule has 152 valence electrons. The first kappa shape index (κ1) is 22.2. The Kier molecular flexibility index (Phi) is 7.86. The average Bonchev–Trinajstić information content (AvgIpc) is 2.67. The van der Waals surface area contributed by atoms with E-state index in [1.165, 1.54) is 0 Å². The fourth-order valence-corrected chi connectivity index (χ4v) is 2.82. The molecule has 28 heavy (non-hydrogen) atoms. The van der Waals surface area contributed by atoms with Crippen LogP contribution in [-0.4, -0.2) is 36.9 Å². The van der Waals surface area contributed by atoms with Gasteiger partial charge in [0.15, 0.2) is 18.1 Å². The van der Waals surface area contributed by atoms with Gasteiger partial charge in [-0.05, 0) is 50.6 Å². The Balaban J connectivity index is 2.01. The van der Waals surface area contributed by atoms with Gasteiger partial charge in [-0.15, -0.1) is 0 Å². The monoisotopic (exact) mass is 450 g/mol. The molecule has 0 spiro atoms. The average molecular weight is 451 g/mol. The number of halogens is 1. The van der Waals surface area contributed by atoms with Crippen molar-refractivity contribution >= 4 is 27.5 Å². The van der Waals surface area contributed by atoms with Gasteiger partial charge in [0.1, 0.15) is 0 Å². The summed E-state index contributed by atoms with van der Waals surface area (Å²) in [6, 6.07) is 11.2. The van der Waals surface area contributed by atoms with E-state index in [2.05, 4.69) is 26.6 Å². The smallest absolute Gasteiger partial charge is 0.262 e. The molecule has 0 aromatic heterocycles. The number of anilines is 1. The molecule has 6 nitrogen and oxygen atoms in total. The first-order valence-corrected chi connectivity index (χ1v) is 9.75. The second-order valence-corrected chi connectivity index (χ2v) is 8.05. The Bertz CT molecular complexity index is 807. The predicted octanol–water partition coefficient (Wildman–Crippen LogP) is 3.64. The lowest BCUT2D eigenvalue weighted by atomic mass is 10.1. The quantitative estimate of drug-likeness (QED) is 0.543. The zero-order valence-corrected chi connectivity index (χ0v) is 18.2. The van der Waals surface area contributed by atoms with Crippen LogP contribution in [0.25, 0.3) is 0 Å². The van der Waals surface area contributed by atoms with Crippen molar-refractivity contribution in [2.24, 2.45) is 0 Å². The van der Waals surface area contributed by atoms with Crippen molar-refractivity contribution in [1.29, 1.82) is 0 Å². The van der Waals surface area contributed by atoms with Crippen molar-refractivity contribution in [1.82, 2.24) is 5.32 Å². The molecule has 0 atom stereocenters. The van der Waals surface area contributed by atoms with Crippen LogP contribution in [0.3, 0.4) is 0 Å². The van der Waals surface area contributed by atoms with Gasteiger partial charge < -0.3 is 25.2 Å². The van der Waals surface area contributed by atoms with Crippen LogP contribution in [-0.2, 0) is 11.3 Å². The molecule has 7 heteroatoms. The molecular formula is C21H27BrN2O4. The molecule has 3 N–H and O–H groups in total. The van der Waals surface area contributed by atoms with Crippen LogP contribution in [0.2, 0.25) is 0 Å². The number of carbonyl (C=O) groups is 1. The second-order valence-electron chi connectivity index (χ2n) is 7.19. The lowest BCUT2D eigenvalue weighted by Crippen LogP contribution is -2.42. The van der Waals surface area contributed by atoms with Gasteiger partial charge in [-0.1, -0.05) is 33.6 Å². The highest BCUT2D eigenvalue weighted by molar-refractivity contribution is 9.10. The third-order valence-corrected chi connectivity index (χ3v) is 4.92. The fraction of sp³-hybridized carbons (Fsp3) is 0.381. The molecule has 0 aliphatic rings. The summed E-state index contributed by atoms with van der Waals surface area (Å²) in [5.41, 5.74) is 2.41. The Morgan fingerprint density at radius 2 is 1.86 bits per heavy atom. The predicted molar refractivity (Wildman–Crippen MR) is 114 cm³/mol. The van der Waals surface area contributed by atoms with Crippen molar-refractivity contribution in [3.05, 3.63) is 52.0 Å². The number of nitrogens with one attached hydrogen (secondary N) is 2. The third-order valence-electron chi connectivity index (χ3n) is 4.18. The second kappa shape index (κ2) is 9.91. The summed E-state index contributed by atoms with van der Waals surface area (Å²) in [6.45, 7) is 6.26. The minimum Gasteiger partial charge on any atom is -0.493 e. The zero-order valence-electron chi connectivity index (χ0n) is 16.6. The first-order chi connectivity index (χ1) is 13.2. The van der Waals surface area contributed by atoms with Crippen LogP contribution in [0.15, 0.2) is 40.9 Å². The number of methoxy groups -OCH3 is 1. The molecule has 0 aliphatic heterocycles. The number of hydrogen-bond acceptors (Lipinski definition) is 5. The lowest BCUT2D eigenvalue weighted by molar-refractivity contribution is -0.118. The van der Waals surface area contributed by atoms with Crippen molar-refractivity contribution in [2.75, 3.05) is 25.6 Å². The van der Waals surface area contributed by atoms with Crippen molar-refractivity contribution in [3.8, 4) is 11.5 Å². The fourth-order valence-electron chi connectivity index (χ4n) is 2.35. The summed E-state index contributed by atoms with van der Waals surface area (Å²) in [5.74, 6) is 0.751. The number of hydrogen-bond donors (Lipinski definition) is 3. The molecule has 0 heterocycles. The minimum absolute atomic E-state index is 0.0268. The summed E-state index contributed by atoms with van der Waals surface area (Å²) in [6.07, 6.45) is 0. The zero-order chi connectivity index (χ0) is 20.7. The minimum atomic E-state index is -0.393. The number of carbonyl (C=O) groups excluding carboxylic acids is 1. The molecule has 0 bridgehead atoms. The molecule has 0 radical (unpaired) electrons. The summed E-state index contributed by atoms with van der Waals surface area (Å²) >= 11 is 3.53. The normalized spacial score (nSPS) is 11.2. The summed E-state index contributed by atoms with van der Waals surface area (Å²) < 4.78 is 11.9. The number of benzene rings is 2. The summed E-state index contributed by atoms with van der Waals surface area (Å²) in [4.78, 5) is 12.1. The van der Waals surface area contributed by atoms with E-state index in [0.717, 1.165) is 21.3 Å². The molecular weight excluding hydrogens is 424 g/mol. The van der Waals surface area contributed by atoms with Gasteiger partial charge in [-0.3, -0.25) is 4.79 Å². The van der Waals surface area contributed by atoms with E-state index >= 15 is 0 Å². The van der Waals surface area contributed by atoms with E-state index < -0.39 is 5.54 Å². The van der Waals surface area contributed by atoms with Gasteiger partial charge in [0.25, 0.3) is 5.91 Å². The van der Waals surface area contributed by atoms with Gasteiger partial charge in [0.05, 0.1) is 13.7 Å². The highest BCUT2D eigenvalue weighted by Gasteiger charge is 2.17. The first-order valence-electron chi connectivity index (χ1n) is 8.95. The largest absolute Gasteiger partial charge is 0.493 e. The summed E-state index contributed by atoms with van der Waals surface area (Å²) in [7, 11) is 1.55. The molecule has 2 rings (SSSR count). The van der Waals surface area contributed by atoms with Crippen LogP contribution >= 0.6 is 15.9 Å². The van der Waals surface area contributed by atoms with Gasteiger partial charge in [-0.2, -0.15) is 0 Å². The van der Waals surface area contributed by atoms with Crippen LogP contribution in [0.1, 0.15) is 25.0 Å². The van der Waals surface area contributed by atoms with Crippen molar-refractivity contribution in [2.45, 2.75) is 32.9 Å². The van der Waals surface area contributed by atoms with Gasteiger partial charge in [-0.25, -0.2) is 0 Å². The third kappa shape index (κ3) is 6.51. The Labute approximate surface area is 174 Å². The van der Waals surface area contributed by atoms with Crippen LogP contribution < -0.4 is 20.1 Å². The molecule has 1 amide bonds. The molecule has 2 aromatic rings. The molecule has 0 unspecified atom stereocenters. The molecule has 0 aliphatic carbocycles. The van der Waals surface area contributed by atoms with Gasteiger partial charge >= 0.3 is 0 Å². The van der Waals surface area contributed by atoms with E-state index in [1.807, 2.05) is 51.1 Å². The standard InChI is InChI=1S/C21H27BrN2O4/c1-14-5-7-16(8-6-14)24-20(26)12-28-19-10-17(22)15(9-18(19)27-4)11-23-21(2,3)13-25/h5-10,23,25H,11-13H2,1-4H3,(H,24,26). The van der Waals surface area contributed by atoms with Crippen LogP contribution in [0, 0.1) is 6.92 Å². The molecule has 0 saturated heterocycles. The summed E-state index contributed by atoms with van der Waals surface area (Å²) in [5, 5.41) is 15.4. The maximum atomic E-state index is 12.1. The highest BCUT2D eigenvalue weighted by atomic mass is 79.9. The number of amides is 1. The lowest BCUT2D eigenvalue weighted by Gasteiger charge is -2.24. The number of aliphatic hydroxyl groups is 1. The van der Waals surface area contributed by atoms with Crippen LogP contribution in [0.4, 0.5) is 5.69 Å². The molecule has 2 aromatic carbocycles. The molecule has 0 saturated carbocycles. The SMILES string of the molecule is COc1cc(CNC(C)(C)CO)c(Br)cc1OCC(=O)Nc1ccc(C)cc1. The maximum absolute atomic E-state index is 12.1. The molecule has 0 fully saturated rings. The number of aryl methyl sites for hydroxylation is 1. The van der Waals surface area contributed by atoms with Gasteiger partial charge in [0, 0.05) is 22.2 Å². The van der Waals surface area contributed by atoms with E-state index in [1.54, 1.807) is 13.2 Å². The van der Waals surface area contributed by atoms with E-state index in [-0.39, 0.29) is 19.1 Å². The van der Waals surface area contributed by atoms with E-state index in [9.17, 15) is 9.90 Å². The number of rotatable bonds is 9. The Morgan fingerprint density at radius 3 is 2.46 bits per heavy atom.